The van der Waals surface area contributed by atoms with Gasteiger partial charge >= 0.3 is 0 Å². The molecule has 0 spiro atoms. The van der Waals surface area contributed by atoms with E-state index in [4.69, 9.17) is 4.74 Å². The average molecular weight is 356 g/mol. The molecule has 4 nitrogen and oxygen atoms in total. The van der Waals surface area contributed by atoms with E-state index in [1.54, 1.807) is 13.2 Å². The van der Waals surface area contributed by atoms with Gasteiger partial charge in [-0.15, -0.1) is 0 Å². The smallest absolute Gasteiger partial charge is 0.207 e. The van der Waals surface area contributed by atoms with E-state index in [9.17, 15) is 4.39 Å². The quantitative estimate of drug-likeness (QED) is 0.790. The first-order valence-electron chi connectivity index (χ1n) is 6.76. The van der Waals surface area contributed by atoms with Crippen LogP contribution in [0, 0.1) is 19.7 Å². The standard InChI is InChI=1S/C15H19BrFN3O/c1-10-7-13(17)12(16)8-14(10)19-15-18-11(2)9-20(15)5-4-6-21-3/h7-9H,4-6H2,1-3H3,(H,18,19). The molecular weight excluding hydrogens is 337 g/mol. The lowest BCUT2D eigenvalue weighted by molar-refractivity contribution is 0.190. The monoisotopic (exact) mass is 355 g/mol. The van der Waals surface area contributed by atoms with Crippen LogP contribution in [-0.4, -0.2) is 23.3 Å². The van der Waals surface area contributed by atoms with Gasteiger partial charge in [0, 0.05) is 32.1 Å². The fraction of sp³-hybridized carbons (Fsp3) is 0.400. The van der Waals surface area contributed by atoms with Crippen LogP contribution in [0.15, 0.2) is 22.8 Å². The van der Waals surface area contributed by atoms with Gasteiger partial charge in [-0.25, -0.2) is 9.37 Å². The van der Waals surface area contributed by atoms with Gasteiger partial charge in [-0.05, 0) is 53.9 Å². The van der Waals surface area contributed by atoms with Gasteiger partial charge in [0.1, 0.15) is 5.82 Å². The largest absolute Gasteiger partial charge is 0.385 e. The van der Waals surface area contributed by atoms with Gasteiger partial charge in [0.25, 0.3) is 0 Å². The number of hydrogen-bond acceptors (Lipinski definition) is 3. The fourth-order valence-corrected chi connectivity index (χ4v) is 2.44. The van der Waals surface area contributed by atoms with Crippen LogP contribution in [-0.2, 0) is 11.3 Å². The first kappa shape index (κ1) is 16.0. The van der Waals surface area contributed by atoms with E-state index in [1.807, 2.05) is 24.6 Å². The number of rotatable bonds is 6. The van der Waals surface area contributed by atoms with Crippen LogP contribution in [0.25, 0.3) is 0 Å². The van der Waals surface area contributed by atoms with E-state index >= 15 is 0 Å². The lowest BCUT2D eigenvalue weighted by Gasteiger charge is -2.12. The predicted octanol–water partition coefficient (Wildman–Crippen LogP) is 4.18. The van der Waals surface area contributed by atoms with Crippen molar-refractivity contribution in [3.05, 3.63) is 39.9 Å². The second kappa shape index (κ2) is 7.04. The zero-order chi connectivity index (χ0) is 15.4. The molecule has 114 valence electrons. The van der Waals surface area contributed by atoms with Crippen LogP contribution in [0.3, 0.4) is 0 Å². The second-order valence-corrected chi connectivity index (χ2v) is 5.81. The van der Waals surface area contributed by atoms with E-state index in [0.717, 1.165) is 35.9 Å². The van der Waals surface area contributed by atoms with Crippen molar-refractivity contribution >= 4 is 27.6 Å². The van der Waals surface area contributed by atoms with Crippen LogP contribution in [0.1, 0.15) is 17.7 Å². The molecule has 1 heterocycles. The van der Waals surface area contributed by atoms with Crippen molar-refractivity contribution in [2.24, 2.45) is 0 Å². The molecular formula is C15H19BrFN3O. The van der Waals surface area contributed by atoms with Crippen LogP contribution in [0.5, 0.6) is 0 Å². The highest BCUT2D eigenvalue weighted by Gasteiger charge is 2.10. The minimum Gasteiger partial charge on any atom is -0.385 e. The molecule has 0 aliphatic heterocycles. The molecule has 0 fully saturated rings. The van der Waals surface area contributed by atoms with Gasteiger partial charge in [-0.2, -0.15) is 0 Å². The Balaban J connectivity index is 2.21. The number of nitrogens with zero attached hydrogens (tertiary/aromatic N) is 2. The number of benzene rings is 1. The molecule has 2 rings (SSSR count). The van der Waals surface area contributed by atoms with Crippen LogP contribution in [0.4, 0.5) is 16.0 Å². The third-order valence-electron chi connectivity index (χ3n) is 3.16. The van der Waals surface area contributed by atoms with Crippen LogP contribution < -0.4 is 5.32 Å². The van der Waals surface area contributed by atoms with Crippen molar-refractivity contribution in [2.45, 2.75) is 26.8 Å². The summed E-state index contributed by atoms with van der Waals surface area (Å²) in [6.45, 7) is 5.34. The molecule has 0 radical (unpaired) electrons. The maximum Gasteiger partial charge on any atom is 0.207 e. The van der Waals surface area contributed by atoms with Gasteiger partial charge in [-0.1, -0.05) is 0 Å². The number of hydrogen-bond donors (Lipinski definition) is 1. The molecule has 0 saturated carbocycles. The minimum atomic E-state index is -0.266. The Labute approximate surface area is 132 Å². The molecule has 1 aromatic heterocycles. The second-order valence-electron chi connectivity index (χ2n) is 4.95. The Hall–Kier alpha value is -1.40. The fourth-order valence-electron chi connectivity index (χ4n) is 2.10. The summed E-state index contributed by atoms with van der Waals surface area (Å²) in [7, 11) is 1.69. The van der Waals surface area contributed by atoms with Gasteiger partial charge in [0.2, 0.25) is 5.95 Å². The first-order valence-corrected chi connectivity index (χ1v) is 7.56. The zero-order valence-electron chi connectivity index (χ0n) is 12.4. The Morgan fingerprint density at radius 3 is 2.86 bits per heavy atom. The molecule has 0 unspecified atom stereocenters. The molecule has 0 amide bonds. The molecule has 1 N–H and O–H groups in total. The predicted molar refractivity (Wildman–Crippen MR) is 85.6 cm³/mol. The topological polar surface area (TPSA) is 39.1 Å². The normalized spacial score (nSPS) is 10.9. The molecule has 0 atom stereocenters. The summed E-state index contributed by atoms with van der Waals surface area (Å²) in [4.78, 5) is 4.48. The number of methoxy groups -OCH3 is 1. The summed E-state index contributed by atoms with van der Waals surface area (Å²) in [6.07, 6.45) is 2.90. The Bertz CT molecular complexity index is 628. The molecule has 0 saturated heterocycles. The summed E-state index contributed by atoms with van der Waals surface area (Å²) in [5, 5.41) is 3.27. The lowest BCUT2D eigenvalue weighted by atomic mass is 10.2. The number of ether oxygens (including phenoxy) is 1. The van der Waals surface area contributed by atoms with Crippen molar-refractivity contribution in [1.29, 1.82) is 0 Å². The number of imidazole rings is 1. The average Bonchev–Trinajstić information content (AvgIpc) is 2.76. The van der Waals surface area contributed by atoms with Crippen molar-refractivity contribution in [1.82, 2.24) is 9.55 Å². The van der Waals surface area contributed by atoms with Crippen LogP contribution in [0.2, 0.25) is 0 Å². The third kappa shape index (κ3) is 4.04. The van der Waals surface area contributed by atoms with E-state index in [-0.39, 0.29) is 5.82 Å². The molecule has 0 aliphatic carbocycles. The number of aryl methyl sites for hydroxylation is 3. The van der Waals surface area contributed by atoms with E-state index in [2.05, 4.69) is 26.2 Å². The number of anilines is 2. The summed E-state index contributed by atoms with van der Waals surface area (Å²) in [5.74, 6) is 0.489. The van der Waals surface area contributed by atoms with E-state index < -0.39 is 0 Å². The highest BCUT2D eigenvalue weighted by Crippen LogP contribution is 2.26. The van der Waals surface area contributed by atoms with Crippen molar-refractivity contribution in [2.75, 3.05) is 19.0 Å². The SMILES string of the molecule is COCCCn1cc(C)nc1Nc1cc(Br)c(F)cc1C. The summed E-state index contributed by atoms with van der Waals surface area (Å²) in [6, 6.07) is 3.23. The Morgan fingerprint density at radius 2 is 2.14 bits per heavy atom. The molecule has 6 heteroatoms. The zero-order valence-corrected chi connectivity index (χ0v) is 14.0. The maximum atomic E-state index is 13.5. The highest BCUT2D eigenvalue weighted by molar-refractivity contribution is 9.10. The molecule has 0 aliphatic rings. The molecule has 21 heavy (non-hydrogen) atoms. The Morgan fingerprint density at radius 1 is 1.38 bits per heavy atom. The summed E-state index contributed by atoms with van der Waals surface area (Å²) >= 11 is 3.21. The summed E-state index contributed by atoms with van der Waals surface area (Å²) in [5.41, 5.74) is 2.61. The molecule has 1 aromatic carbocycles. The number of halogens is 2. The van der Waals surface area contributed by atoms with E-state index in [0.29, 0.717) is 11.1 Å². The van der Waals surface area contributed by atoms with Crippen LogP contribution >= 0.6 is 15.9 Å². The van der Waals surface area contributed by atoms with Gasteiger partial charge < -0.3 is 14.6 Å². The lowest BCUT2D eigenvalue weighted by Crippen LogP contribution is -2.06. The number of nitrogens with one attached hydrogen (secondary N) is 1. The molecule has 2 aromatic rings. The van der Waals surface area contributed by atoms with Crippen molar-refractivity contribution < 1.29 is 9.13 Å². The maximum absolute atomic E-state index is 13.5. The third-order valence-corrected chi connectivity index (χ3v) is 3.77. The van der Waals surface area contributed by atoms with E-state index in [1.165, 1.54) is 6.07 Å². The Kier molecular flexibility index (Phi) is 5.36. The van der Waals surface area contributed by atoms with Gasteiger partial charge in [-0.3, -0.25) is 0 Å². The van der Waals surface area contributed by atoms with Gasteiger partial charge in [0.05, 0.1) is 10.2 Å². The number of aromatic nitrogens is 2. The highest BCUT2D eigenvalue weighted by atomic mass is 79.9. The first-order chi connectivity index (χ1) is 10.0. The summed E-state index contributed by atoms with van der Waals surface area (Å²) < 4.78 is 21.0. The minimum absolute atomic E-state index is 0.266. The van der Waals surface area contributed by atoms with Crippen molar-refractivity contribution in [3.8, 4) is 0 Å². The van der Waals surface area contributed by atoms with Crippen molar-refractivity contribution in [3.63, 3.8) is 0 Å². The van der Waals surface area contributed by atoms with Gasteiger partial charge in [0.15, 0.2) is 0 Å². The molecule has 0 bridgehead atoms.